The van der Waals surface area contributed by atoms with Crippen LogP contribution in [0.5, 0.6) is 0 Å². The Labute approximate surface area is 109 Å². The first-order valence-electron chi connectivity index (χ1n) is 5.57. The molecule has 19 heavy (non-hydrogen) atoms. The van der Waals surface area contributed by atoms with E-state index in [1.54, 1.807) is 13.2 Å². The van der Waals surface area contributed by atoms with Crippen molar-refractivity contribution < 1.29 is 9.59 Å². The standard InChI is InChI=1S/C11H14N6O2/c1-13-10(18)6-17-5-8(4-15-17)16-11(19)9-2-7(12)3-14-9/h2-5,14H,6,12H2,1H3,(H,13,18)(H,16,19). The van der Waals surface area contributed by atoms with Crippen molar-refractivity contribution in [3.8, 4) is 0 Å². The Bertz CT molecular complexity index is 600. The zero-order valence-electron chi connectivity index (χ0n) is 10.3. The molecule has 2 rings (SSSR count). The lowest BCUT2D eigenvalue weighted by Gasteiger charge is -2.00. The van der Waals surface area contributed by atoms with Gasteiger partial charge in [-0.1, -0.05) is 0 Å². The zero-order chi connectivity index (χ0) is 13.8. The van der Waals surface area contributed by atoms with E-state index >= 15 is 0 Å². The molecular formula is C11H14N6O2. The van der Waals surface area contributed by atoms with Crippen LogP contribution in [-0.2, 0) is 11.3 Å². The van der Waals surface area contributed by atoms with Crippen LogP contribution < -0.4 is 16.4 Å². The Kier molecular flexibility index (Phi) is 3.51. The summed E-state index contributed by atoms with van der Waals surface area (Å²) in [4.78, 5) is 25.7. The number of nitrogens with two attached hydrogens (primary N) is 1. The van der Waals surface area contributed by atoms with Gasteiger partial charge in [-0.05, 0) is 6.07 Å². The molecule has 2 aromatic heterocycles. The summed E-state index contributed by atoms with van der Waals surface area (Å²) in [6.07, 6.45) is 4.57. The highest BCUT2D eigenvalue weighted by Crippen LogP contribution is 2.09. The van der Waals surface area contributed by atoms with E-state index in [1.165, 1.54) is 23.1 Å². The van der Waals surface area contributed by atoms with Crippen LogP contribution in [0.4, 0.5) is 11.4 Å². The predicted molar refractivity (Wildman–Crippen MR) is 69.5 cm³/mol. The quantitative estimate of drug-likeness (QED) is 0.609. The van der Waals surface area contributed by atoms with Gasteiger partial charge in [0.15, 0.2) is 0 Å². The van der Waals surface area contributed by atoms with Crippen LogP contribution in [0.2, 0.25) is 0 Å². The van der Waals surface area contributed by atoms with Crippen LogP contribution >= 0.6 is 0 Å². The third kappa shape index (κ3) is 3.12. The van der Waals surface area contributed by atoms with Crippen molar-refractivity contribution in [2.24, 2.45) is 0 Å². The molecule has 2 aromatic rings. The van der Waals surface area contributed by atoms with Gasteiger partial charge in [0, 0.05) is 25.1 Å². The first-order chi connectivity index (χ1) is 9.08. The first kappa shape index (κ1) is 12.7. The number of carbonyl (C=O) groups excluding carboxylic acids is 2. The summed E-state index contributed by atoms with van der Waals surface area (Å²) in [5.74, 6) is -0.491. The van der Waals surface area contributed by atoms with E-state index in [-0.39, 0.29) is 18.4 Å². The second-order valence-electron chi connectivity index (χ2n) is 3.90. The summed E-state index contributed by atoms with van der Waals surface area (Å²) in [5, 5.41) is 9.09. The fraction of sp³-hybridized carbons (Fsp3) is 0.182. The number of anilines is 2. The van der Waals surface area contributed by atoms with E-state index in [4.69, 9.17) is 5.73 Å². The minimum Gasteiger partial charge on any atom is -0.397 e. The van der Waals surface area contributed by atoms with E-state index in [0.29, 0.717) is 17.1 Å². The number of nitrogens with zero attached hydrogens (tertiary/aromatic N) is 2. The number of nitrogens with one attached hydrogen (secondary N) is 3. The molecule has 5 N–H and O–H groups in total. The highest BCUT2D eigenvalue weighted by molar-refractivity contribution is 6.03. The van der Waals surface area contributed by atoms with Crippen LogP contribution in [-0.4, -0.2) is 33.6 Å². The molecule has 0 aliphatic rings. The lowest BCUT2D eigenvalue weighted by atomic mass is 10.4. The van der Waals surface area contributed by atoms with Gasteiger partial charge in [0.25, 0.3) is 5.91 Å². The summed E-state index contributed by atoms with van der Waals surface area (Å²) in [6.45, 7) is 0.0990. The summed E-state index contributed by atoms with van der Waals surface area (Å²) in [5.41, 5.74) is 6.86. The van der Waals surface area contributed by atoms with Crippen molar-refractivity contribution in [1.29, 1.82) is 0 Å². The minimum atomic E-state index is -0.323. The number of hydrogen-bond donors (Lipinski definition) is 4. The second-order valence-corrected chi connectivity index (χ2v) is 3.90. The Balaban J connectivity index is 2.00. The average molecular weight is 262 g/mol. The lowest BCUT2D eigenvalue weighted by molar-refractivity contribution is -0.121. The third-order valence-corrected chi connectivity index (χ3v) is 2.43. The van der Waals surface area contributed by atoms with E-state index < -0.39 is 0 Å². The summed E-state index contributed by atoms with van der Waals surface area (Å²) in [7, 11) is 1.55. The molecule has 0 saturated heterocycles. The number of rotatable bonds is 4. The average Bonchev–Trinajstić information content (AvgIpc) is 2.98. The molecule has 0 spiro atoms. The number of aromatic nitrogens is 3. The number of amides is 2. The Morgan fingerprint density at radius 2 is 2.32 bits per heavy atom. The van der Waals surface area contributed by atoms with Gasteiger partial charge in [-0.15, -0.1) is 0 Å². The van der Waals surface area contributed by atoms with Crippen molar-refractivity contribution in [3.63, 3.8) is 0 Å². The van der Waals surface area contributed by atoms with E-state index in [2.05, 4.69) is 20.7 Å². The molecule has 2 amide bonds. The maximum absolute atomic E-state index is 11.8. The predicted octanol–water partition coefficient (Wildman–Crippen LogP) is -0.208. The smallest absolute Gasteiger partial charge is 0.272 e. The molecule has 0 fully saturated rings. The van der Waals surface area contributed by atoms with Gasteiger partial charge in [-0.25, -0.2) is 0 Å². The Morgan fingerprint density at radius 1 is 1.53 bits per heavy atom. The molecule has 0 saturated carbocycles. The van der Waals surface area contributed by atoms with Crippen LogP contribution in [0.15, 0.2) is 24.7 Å². The maximum atomic E-state index is 11.8. The Morgan fingerprint density at radius 3 is 2.95 bits per heavy atom. The third-order valence-electron chi connectivity index (χ3n) is 2.43. The van der Waals surface area contributed by atoms with E-state index in [0.717, 1.165) is 0 Å². The van der Waals surface area contributed by atoms with E-state index in [9.17, 15) is 9.59 Å². The molecule has 100 valence electrons. The number of nitrogen functional groups attached to an aromatic ring is 1. The van der Waals surface area contributed by atoms with Crippen LogP contribution in [0.25, 0.3) is 0 Å². The van der Waals surface area contributed by atoms with E-state index in [1.807, 2.05) is 0 Å². The van der Waals surface area contributed by atoms with Gasteiger partial charge in [-0.3, -0.25) is 14.3 Å². The molecule has 0 aromatic carbocycles. The summed E-state index contributed by atoms with van der Waals surface area (Å²) < 4.78 is 1.43. The van der Waals surface area contributed by atoms with Gasteiger partial charge in [0.1, 0.15) is 12.2 Å². The molecular weight excluding hydrogens is 248 g/mol. The molecule has 0 atom stereocenters. The number of carbonyl (C=O) groups is 2. The molecule has 0 aliphatic heterocycles. The first-order valence-corrected chi connectivity index (χ1v) is 5.57. The molecule has 0 unspecified atom stereocenters. The molecule has 2 heterocycles. The van der Waals surface area contributed by atoms with Crippen LogP contribution in [0, 0.1) is 0 Å². The molecule has 8 heteroatoms. The second kappa shape index (κ2) is 5.25. The lowest BCUT2D eigenvalue weighted by Crippen LogP contribution is -2.23. The van der Waals surface area contributed by atoms with Crippen LogP contribution in [0.3, 0.4) is 0 Å². The largest absolute Gasteiger partial charge is 0.397 e. The normalized spacial score (nSPS) is 10.2. The van der Waals surface area contributed by atoms with Crippen molar-refractivity contribution in [1.82, 2.24) is 20.1 Å². The number of aromatic amines is 1. The monoisotopic (exact) mass is 262 g/mol. The number of likely N-dealkylation sites (N-methyl/N-ethyl adjacent to an activating group) is 1. The zero-order valence-corrected chi connectivity index (χ0v) is 10.3. The van der Waals surface area contributed by atoms with Gasteiger partial charge in [0.2, 0.25) is 5.91 Å². The fourth-order valence-electron chi connectivity index (χ4n) is 1.48. The number of H-pyrrole nitrogens is 1. The fourth-order valence-corrected chi connectivity index (χ4v) is 1.48. The van der Waals surface area contributed by atoms with Crippen molar-refractivity contribution >= 4 is 23.2 Å². The summed E-state index contributed by atoms with van der Waals surface area (Å²) in [6, 6.07) is 1.53. The van der Waals surface area contributed by atoms with Gasteiger partial charge in [-0.2, -0.15) is 5.10 Å². The molecule has 8 nitrogen and oxygen atoms in total. The maximum Gasteiger partial charge on any atom is 0.272 e. The van der Waals surface area contributed by atoms with Crippen molar-refractivity contribution in [2.75, 3.05) is 18.1 Å². The highest BCUT2D eigenvalue weighted by atomic mass is 16.2. The number of hydrogen-bond acceptors (Lipinski definition) is 4. The van der Waals surface area contributed by atoms with Crippen LogP contribution in [0.1, 0.15) is 10.5 Å². The summed E-state index contributed by atoms with van der Waals surface area (Å²) >= 11 is 0. The highest BCUT2D eigenvalue weighted by Gasteiger charge is 2.10. The molecule has 0 aliphatic carbocycles. The minimum absolute atomic E-state index is 0.0990. The Hall–Kier alpha value is -2.77. The molecule has 0 radical (unpaired) electrons. The topological polar surface area (TPSA) is 118 Å². The van der Waals surface area contributed by atoms with Crippen molar-refractivity contribution in [2.45, 2.75) is 6.54 Å². The van der Waals surface area contributed by atoms with Crippen molar-refractivity contribution in [3.05, 3.63) is 30.4 Å². The molecule has 0 bridgehead atoms. The van der Waals surface area contributed by atoms with Gasteiger partial charge >= 0.3 is 0 Å². The SMILES string of the molecule is CNC(=O)Cn1cc(NC(=O)c2cc(N)c[nH]2)cn1. The van der Waals surface area contributed by atoms with Gasteiger partial charge < -0.3 is 21.4 Å². The van der Waals surface area contributed by atoms with Gasteiger partial charge in [0.05, 0.1) is 11.9 Å².